The summed E-state index contributed by atoms with van der Waals surface area (Å²) in [6, 6.07) is 11.9. The summed E-state index contributed by atoms with van der Waals surface area (Å²) >= 11 is 1.47. The number of nitrogens with one attached hydrogen (secondary N) is 1. The van der Waals surface area contributed by atoms with E-state index in [9.17, 15) is 17.2 Å². The molecule has 5 aromatic rings. The van der Waals surface area contributed by atoms with Gasteiger partial charge in [0.25, 0.3) is 0 Å². The Morgan fingerprint density at radius 2 is 1.73 bits per heavy atom. The first-order chi connectivity index (χ1) is 21.7. The molecule has 0 spiro atoms. The molecule has 5 heterocycles. The Hall–Kier alpha value is -4.40. The second-order valence-corrected chi connectivity index (χ2v) is 13.6. The number of morpholine rings is 1. The van der Waals surface area contributed by atoms with E-state index in [1.807, 2.05) is 26.0 Å². The number of hydrogen-bond acceptors (Lipinski definition) is 11. The van der Waals surface area contributed by atoms with Crippen LogP contribution in [0.1, 0.15) is 30.5 Å². The van der Waals surface area contributed by atoms with E-state index in [0.717, 1.165) is 52.7 Å². The normalized spacial score (nSPS) is 13.8. The van der Waals surface area contributed by atoms with Crippen LogP contribution < -0.4 is 10.2 Å². The van der Waals surface area contributed by atoms with Gasteiger partial charge in [0, 0.05) is 37.0 Å². The van der Waals surface area contributed by atoms with E-state index in [2.05, 4.69) is 25.2 Å². The standard InChI is InChI=1S/C31H29F2N7O3S2/c1-19(2)30-39-27(20-8-10-34-22(16-20)18-45(41,42)29-23(32)4-3-5-24(29)33)28(44-30)25-9-11-35-31(38-25)37-21-6-7-26(36-17-21)40-12-14-43-15-13-40/h3-11,16-17,19H,12-15,18H2,1-2H3,(H,35,37,38). The van der Waals surface area contributed by atoms with Crippen LogP contribution in [0.15, 0.2) is 72.0 Å². The molecule has 0 aliphatic carbocycles. The van der Waals surface area contributed by atoms with E-state index in [0.29, 0.717) is 36.1 Å². The maximum Gasteiger partial charge on any atom is 0.227 e. The van der Waals surface area contributed by atoms with Gasteiger partial charge in [-0.1, -0.05) is 19.9 Å². The van der Waals surface area contributed by atoms with Gasteiger partial charge < -0.3 is 15.0 Å². The largest absolute Gasteiger partial charge is 0.378 e. The molecule has 0 bridgehead atoms. The minimum atomic E-state index is -4.36. The van der Waals surface area contributed by atoms with Gasteiger partial charge in [-0.2, -0.15) is 0 Å². The van der Waals surface area contributed by atoms with Gasteiger partial charge >= 0.3 is 0 Å². The van der Waals surface area contributed by atoms with E-state index >= 15 is 0 Å². The highest BCUT2D eigenvalue weighted by atomic mass is 32.2. The third-order valence-corrected chi connectivity index (χ3v) is 10.1. The Bertz CT molecular complexity index is 1910. The van der Waals surface area contributed by atoms with Crippen molar-refractivity contribution in [3.63, 3.8) is 0 Å². The van der Waals surface area contributed by atoms with Gasteiger partial charge in [0.1, 0.15) is 22.3 Å². The maximum absolute atomic E-state index is 14.3. The molecule has 1 aliphatic heterocycles. The third-order valence-electron chi connectivity index (χ3n) is 7.02. The Labute approximate surface area is 263 Å². The molecule has 1 aromatic carbocycles. The number of ether oxygens (including phenoxy) is 1. The Morgan fingerprint density at radius 3 is 2.44 bits per heavy atom. The van der Waals surface area contributed by atoms with Crippen LogP contribution >= 0.6 is 11.3 Å². The summed E-state index contributed by atoms with van der Waals surface area (Å²) in [6.07, 6.45) is 4.83. The van der Waals surface area contributed by atoms with Crippen molar-refractivity contribution in [1.82, 2.24) is 24.9 Å². The first-order valence-electron chi connectivity index (χ1n) is 14.2. The molecule has 1 aliphatic rings. The molecule has 1 saturated heterocycles. The fourth-order valence-corrected chi connectivity index (χ4v) is 7.30. The van der Waals surface area contributed by atoms with Crippen LogP contribution in [0.5, 0.6) is 0 Å². The number of halogens is 2. The molecule has 0 unspecified atom stereocenters. The zero-order chi connectivity index (χ0) is 31.6. The molecular formula is C31H29F2N7O3S2. The zero-order valence-electron chi connectivity index (χ0n) is 24.4. The fourth-order valence-electron chi connectivity index (χ4n) is 4.82. The minimum Gasteiger partial charge on any atom is -0.378 e. The predicted octanol–water partition coefficient (Wildman–Crippen LogP) is 6.01. The molecule has 14 heteroatoms. The van der Waals surface area contributed by atoms with E-state index < -0.39 is 32.1 Å². The monoisotopic (exact) mass is 649 g/mol. The SMILES string of the molecule is CC(C)c1nc(-c2ccnc(CS(=O)(=O)c3c(F)cccc3F)c2)c(-c2ccnc(Nc3ccc(N4CCOCC4)nc3)n2)s1. The number of thiazole rings is 1. The average molecular weight is 650 g/mol. The molecule has 0 amide bonds. The number of nitrogens with zero attached hydrogens (tertiary/aromatic N) is 6. The second-order valence-electron chi connectivity index (χ2n) is 10.6. The molecular weight excluding hydrogens is 621 g/mol. The van der Waals surface area contributed by atoms with Crippen LogP contribution in [-0.4, -0.2) is 59.6 Å². The Balaban J connectivity index is 1.29. The zero-order valence-corrected chi connectivity index (χ0v) is 26.1. The lowest BCUT2D eigenvalue weighted by molar-refractivity contribution is 0.122. The van der Waals surface area contributed by atoms with Crippen LogP contribution in [0, 0.1) is 11.6 Å². The van der Waals surface area contributed by atoms with Gasteiger partial charge in [-0.25, -0.2) is 37.1 Å². The quantitative estimate of drug-likeness (QED) is 0.203. The van der Waals surface area contributed by atoms with Crippen molar-refractivity contribution in [2.45, 2.75) is 30.4 Å². The van der Waals surface area contributed by atoms with Crippen LogP contribution in [0.4, 0.5) is 26.2 Å². The maximum atomic E-state index is 14.3. The van der Waals surface area contributed by atoms with Crippen LogP contribution in [0.25, 0.3) is 21.8 Å². The third kappa shape index (κ3) is 6.82. The molecule has 10 nitrogen and oxygen atoms in total. The van der Waals surface area contributed by atoms with Crippen LogP contribution in [0.2, 0.25) is 0 Å². The molecule has 45 heavy (non-hydrogen) atoms. The highest BCUT2D eigenvalue weighted by Crippen LogP contribution is 2.39. The second kappa shape index (κ2) is 12.9. The first-order valence-corrected chi connectivity index (χ1v) is 16.7. The predicted molar refractivity (Wildman–Crippen MR) is 168 cm³/mol. The van der Waals surface area contributed by atoms with Gasteiger partial charge in [0.15, 0.2) is 9.84 Å². The van der Waals surface area contributed by atoms with Crippen molar-refractivity contribution in [1.29, 1.82) is 0 Å². The van der Waals surface area contributed by atoms with E-state index in [1.165, 1.54) is 17.5 Å². The van der Waals surface area contributed by atoms with Crippen molar-refractivity contribution in [3.8, 4) is 21.8 Å². The summed E-state index contributed by atoms with van der Waals surface area (Å²) in [6.45, 7) is 6.99. The summed E-state index contributed by atoms with van der Waals surface area (Å²) in [5.74, 6) is -1.62. The van der Waals surface area contributed by atoms with Gasteiger partial charge in [0.05, 0.1) is 57.8 Å². The topological polar surface area (TPSA) is 123 Å². The van der Waals surface area contributed by atoms with Crippen molar-refractivity contribution in [2.75, 3.05) is 36.5 Å². The fraction of sp³-hybridized carbons (Fsp3) is 0.258. The highest BCUT2D eigenvalue weighted by molar-refractivity contribution is 7.90. The minimum absolute atomic E-state index is 0.115. The molecule has 0 radical (unpaired) electrons. The number of aromatic nitrogens is 5. The molecule has 6 rings (SSSR count). The Kier molecular flexibility index (Phi) is 8.79. The number of anilines is 3. The van der Waals surface area contributed by atoms with E-state index in [1.54, 1.807) is 30.6 Å². The number of benzene rings is 1. The summed E-state index contributed by atoms with van der Waals surface area (Å²) in [5.41, 5.74) is 2.65. The number of pyridine rings is 2. The molecule has 0 atom stereocenters. The Morgan fingerprint density at radius 1 is 0.978 bits per heavy atom. The summed E-state index contributed by atoms with van der Waals surface area (Å²) in [4.78, 5) is 24.7. The van der Waals surface area contributed by atoms with Crippen molar-refractivity contribution < 1.29 is 21.9 Å². The molecule has 232 valence electrons. The lowest BCUT2D eigenvalue weighted by atomic mass is 10.1. The van der Waals surface area contributed by atoms with Crippen LogP contribution in [-0.2, 0) is 20.3 Å². The van der Waals surface area contributed by atoms with Crippen LogP contribution in [0.3, 0.4) is 0 Å². The smallest absolute Gasteiger partial charge is 0.227 e. The molecule has 1 N–H and O–H groups in total. The number of sulfone groups is 1. The molecule has 4 aromatic heterocycles. The lowest BCUT2D eigenvalue weighted by Crippen LogP contribution is -2.36. The molecule has 0 saturated carbocycles. The molecule has 1 fully saturated rings. The lowest BCUT2D eigenvalue weighted by Gasteiger charge is -2.27. The van der Waals surface area contributed by atoms with Crippen molar-refractivity contribution in [3.05, 3.63) is 89.5 Å². The van der Waals surface area contributed by atoms with Gasteiger partial charge in [-0.3, -0.25) is 4.98 Å². The summed E-state index contributed by atoms with van der Waals surface area (Å²) in [5, 5.41) is 4.07. The van der Waals surface area contributed by atoms with Crippen molar-refractivity contribution in [2.24, 2.45) is 0 Å². The summed E-state index contributed by atoms with van der Waals surface area (Å²) in [7, 11) is -4.36. The summed E-state index contributed by atoms with van der Waals surface area (Å²) < 4.78 is 60.0. The van der Waals surface area contributed by atoms with Crippen molar-refractivity contribution >= 4 is 38.6 Å². The average Bonchev–Trinajstić information content (AvgIpc) is 3.48. The van der Waals surface area contributed by atoms with E-state index in [4.69, 9.17) is 14.7 Å². The van der Waals surface area contributed by atoms with Gasteiger partial charge in [0.2, 0.25) is 5.95 Å². The van der Waals surface area contributed by atoms with E-state index in [-0.39, 0.29) is 11.6 Å². The first kappa shape index (κ1) is 30.6. The number of rotatable bonds is 9. The van der Waals surface area contributed by atoms with Gasteiger partial charge in [-0.15, -0.1) is 11.3 Å². The number of hydrogen-bond donors (Lipinski definition) is 1. The highest BCUT2D eigenvalue weighted by Gasteiger charge is 2.26. The van der Waals surface area contributed by atoms with Gasteiger partial charge in [-0.05, 0) is 42.5 Å².